The average Bonchev–Trinajstić information content (AvgIpc) is 3.11. The molecule has 1 aromatic heterocycles. The third kappa shape index (κ3) is 11.2. The van der Waals surface area contributed by atoms with E-state index in [9.17, 15) is 4.79 Å². The summed E-state index contributed by atoms with van der Waals surface area (Å²) in [5, 5.41) is 6.55. The number of furan rings is 1. The van der Waals surface area contributed by atoms with E-state index in [1.807, 2.05) is 19.1 Å². The molecule has 156 valence electrons. The van der Waals surface area contributed by atoms with E-state index in [4.69, 9.17) is 9.15 Å². The molecule has 2 N–H and O–H groups in total. The number of nitrogens with zero attached hydrogens (tertiary/aromatic N) is 2. The third-order valence-electron chi connectivity index (χ3n) is 3.96. The zero-order valence-corrected chi connectivity index (χ0v) is 19.5. The van der Waals surface area contributed by atoms with E-state index in [1.165, 1.54) is 4.90 Å². The molecular weight excluding hydrogens is 459 g/mol. The number of guanidine groups is 1. The lowest BCUT2D eigenvalue weighted by molar-refractivity contribution is -0.127. The van der Waals surface area contributed by atoms with Gasteiger partial charge in [0.15, 0.2) is 5.96 Å². The standard InChI is InChI=1S/C19H34N4O3.HI/c1-6-25-17(15(2)3)10-12-21-19(22-14-18(24)23(4)5)20-11-9-16-8-7-13-26-16;/h7-8,13,15,17H,6,9-12,14H2,1-5H3,(H2,20,21,22);1H. The van der Waals surface area contributed by atoms with E-state index in [0.29, 0.717) is 25.0 Å². The van der Waals surface area contributed by atoms with Gasteiger partial charge in [0.2, 0.25) is 5.91 Å². The molecule has 0 spiro atoms. The van der Waals surface area contributed by atoms with Crippen LogP contribution in [0.2, 0.25) is 0 Å². The highest BCUT2D eigenvalue weighted by molar-refractivity contribution is 14.0. The zero-order valence-electron chi connectivity index (χ0n) is 17.2. The Bertz CT molecular complexity index is 533. The van der Waals surface area contributed by atoms with E-state index in [-0.39, 0.29) is 42.5 Å². The highest BCUT2D eigenvalue weighted by atomic mass is 127. The average molecular weight is 494 g/mol. The molecule has 0 radical (unpaired) electrons. The summed E-state index contributed by atoms with van der Waals surface area (Å²) in [6, 6.07) is 3.81. The molecular formula is C19H35IN4O3. The second-order valence-electron chi connectivity index (χ2n) is 6.66. The Kier molecular flexibility index (Phi) is 14.0. The third-order valence-corrected chi connectivity index (χ3v) is 3.96. The smallest absolute Gasteiger partial charge is 0.243 e. The summed E-state index contributed by atoms with van der Waals surface area (Å²) in [6.45, 7) is 8.56. The van der Waals surface area contributed by atoms with Crippen molar-refractivity contribution in [3.8, 4) is 0 Å². The van der Waals surface area contributed by atoms with Gasteiger partial charge in [0.1, 0.15) is 12.3 Å². The van der Waals surface area contributed by atoms with Crippen molar-refractivity contribution < 1.29 is 13.9 Å². The van der Waals surface area contributed by atoms with Crippen molar-refractivity contribution in [3.63, 3.8) is 0 Å². The second-order valence-corrected chi connectivity index (χ2v) is 6.66. The predicted octanol–water partition coefficient (Wildman–Crippen LogP) is 2.51. The molecule has 0 aliphatic rings. The van der Waals surface area contributed by atoms with Gasteiger partial charge in [0, 0.05) is 40.2 Å². The molecule has 0 aliphatic heterocycles. The van der Waals surface area contributed by atoms with E-state index >= 15 is 0 Å². The van der Waals surface area contributed by atoms with Crippen molar-refractivity contribution in [1.82, 2.24) is 15.5 Å². The van der Waals surface area contributed by atoms with Crippen LogP contribution < -0.4 is 10.6 Å². The Morgan fingerprint density at radius 3 is 2.56 bits per heavy atom. The maximum Gasteiger partial charge on any atom is 0.243 e. The van der Waals surface area contributed by atoms with Crippen molar-refractivity contribution in [2.24, 2.45) is 10.9 Å². The fraction of sp³-hybridized carbons (Fsp3) is 0.684. The lowest BCUT2D eigenvalue weighted by Gasteiger charge is -2.21. The molecule has 1 atom stereocenters. The first-order chi connectivity index (χ1) is 12.4. The fourth-order valence-electron chi connectivity index (χ4n) is 2.38. The predicted molar refractivity (Wildman–Crippen MR) is 120 cm³/mol. The Balaban J connectivity index is 0.00000676. The minimum absolute atomic E-state index is 0. The molecule has 1 aromatic rings. The summed E-state index contributed by atoms with van der Waals surface area (Å²) in [5.74, 6) is 1.97. The molecule has 8 heteroatoms. The zero-order chi connectivity index (χ0) is 19.4. The summed E-state index contributed by atoms with van der Waals surface area (Å²) in [7, 11) is 3.45. The quantitative estimate of drug-likeness (QED) is 0.281. The molecule has 0 aliphatic carbocycles. The van der Waals surface area contributed by atoms with E-state index in [1.54, 1.807) is 20.4 Å². The molecule has 27 heavy (non-hydrogen) atoms. The van der Waals surface area contributed by atoms with Gasteiger partial charge in [0.05, 0.1) is 12.4 Å². The number of carbonyl (C=O) groups is 1. The Morgan fingerprint density at radius 2 is 2.00 bits per heavy atom. The lowest BCUT2D eigenvalue weighted by atomic mass is 10.0. The highest BCUT2D eigenvalue weighted by Crippen LogP contribution is 2.09. The summed E-state index contributed by atoms with van der Waals surface area (Å²) in [5.41, 5.74) is 0. The van der Waals surface area contributed by atoms with E-state index in [2.05, 4.69) is 29.5 Å². The van der Waals surface area contributed by atoms with Crippen molar-refractivity contribution in [2.45, 2.75) is 39.7 Å². The van der Waals surface area contributed by atoms with E-state index < -0.39 is 0 Å². The summed E-state index contributed by atoms with van der Waals surface area (Å²) in [6.07, 6.45) is 3.51. The van der Waals surface area contributed by atoms with Gasteiger partial charge >= 0.3 is 0 Å². The molecule has 1 heterocycles. The fourth-order valence-corrected chi connectivity index (χ4v) is 2.38. The number of hydrogen-bond donors (Lipinski definition) is 2. The highest BCUT2D eigenvalue weighted by Gasteiger charge is 2.13. The molecule has 0 saturated heterocycles. The van der Waals surface area contributed by atoms with Gasteiger partial charge < -0.3 is 24.7 Å². The van der Waals surface area contributed by atoms with Crippen LogP contribution in [0.4, 0.5) is 0 Å². The number of nitrogens with one attached hydrogen (secondary N) is 2. The number of halogens is 1. The van der Waals surface area contributed by atoms with Crippen LogP contribution in [-0.4, -0.2) is 63.2 Å². The molecule has 0 saturated carbocycles. The normalized spacial score (nSPS) is 12.4. The number of ether oxygens (including phenoxy) is 1. The van der Waals surface area contributed by atoms with Crippen molar-refractivity contribution in [1.29, 1.82) is 0 Å². The molecule has 7 nitrogen and oxygen atoms in total. The topological polar surface area (TPSA) is 79.1 Å². The summed E-state index contributed by atoms with van der Waals surface area (Å²) in [4.78, 5) is 17.7. The molecule has 1 rings (SSSR count). The van der Waals surface area contributed by atoms with Crippen LogP contribution >= 0.6 is 24.0 Å². The summed E-state index contributed by atoms with van der Waals surface area (Å²) >= 11 is 0. The van der Waals surface area contributed by atoms with E-state index in [0.717, 1.165) is 25.1 Å². The SMILES string of the molecule is CCOC(CCNC(=NCC(=O)N(C)C)NCCc1ccco1)C(C)C.I. The number of rotatable bonds is 11. The van der Waals surface area contributed by atoms with Gasteiger partial charge in [-0.25, -0.2) is 4.99 Å². The largest absolute Gasteiger partial charge is 0.469 e. The van der Waals surface area contributed by atoms with Gasteiger partial charge in [-0.3, -0.25) is 4.79 Å². The number of hydrogen-bond acceptors (Lipinski definition) is 4. The van der Waals surface area contributed by atoms with Crippen molar-refractivity contribution in [2.75, 3.05) is 40.3 Å². The van der Waals surface area contributed by atoms with Crippen LogP contribution in [0.5, 0.6) is 0 Å². The van der Waals surface area contributed by atoms with Crippen LogP contribution in [0.25, 0.3) is 0 Å². The molecule has 0 bridgehead atoms. The van der Waals surface area contributed by atoms with Crippen LogP contribution in [0, 0.1) is 5.92 Å². The van der Waals surface area contributed by atoms with Crippen LogP contribution in [0.15, 0.2) is 27.8 Å². The van der Waals surface area contributed by atoms with Crippen molar-refractivity contribution in [3.05, 3.63) is 24.2 Å². The number of aliphatic imine (C=N–C) groups is 1. The lowest BCUT2D eigenvalue weighted by Crippen LogP contribution is -2.41. The monoisotopic (exact) mass is 494 g/mol. The molecule has 1 amide bonds. The number of amides is 1. The Labute approximate surface area is 180 Å². The summed E-state index contributed by atoms with van der Waals surface area (Å²) < 4.78 is 11.1. The Hall–Kier alpha value is -1.29. The number of likely N-dealkylation sites (N-methyl/N-ethyl adjacent to an activating group) is 1. The van der Waals surface area contributed by atoms with Crippen molar-refractivity contribution >= 4 is 35.8 Å². The van der Waals surface area contributed by atoms with Crippen LogP contribution in [0.1, 0.15) is 33.0 Å². The van der Waals surface area contributed by atoms with Gasteiger partial charge in [-0.1, -0.05) is 13.8 Å². The Morgan fingerprint density at radius 1 is 1.30 bits per heavy atom. The molecule has 1 unspecified atom stereocenters. The molecule has 0 aromatic carbocycles. The van der Waals surface area contributed by atoms with Crippen LogP contribution in [-0.2, 0) is 16.0 Å². The van der Waals surface area contributed by atoms with Gasteiger partial charge in [-0.05, 0) is 31.4 Å². The number of carbonyl (C=O) groups excluding carboxylic acids is 1. The van der Waals surface area contributed by atoms with Gasteiger partial charge in [-0.15, -0.1) is 24.0 Å². The second kappa shape index (κ2) is 14.7. The minimum Gasteiger partial charge on any atom is -0.469 e. The van der Waals surface area contributed by atoms with Gasteiger partial charge in [-0.2, -0.15) is 0 Å². The first-order valence-electron chi connectivity index (χ1n) is 9.30. The molecule has 0 fully saturated rings. The first kappa shape index (κ1) is 25.7. The maximum atomic E-state index is 11.8. The van der Waals surface area contributed by atoms with Gasteiger partial charge in [0.25, 0.3) is 0 Å². The van der Waals surface area contributed by atoms with Crippen LogP contribution in [0.3, 0.4) is 0 Å². The minimum atomic E-state index is -0.0356. The first-order valence-corrected chi connectivity index (χ1v) is 9.30. The maximum absolute atomic E-state index is 11.8.